The monoisotopic (exact) mass is 251 g/mol. The fraction of sp³-hybridized carbons (Fsp3) is 0.583. The van der Waals surface area contributed by atoms with E-state index in [9.17, 15) is 9.59 Å². The third-order valence-electron chi connectivity index (χ3n) is 2.87. The maximum atomic E-state index is 11.7. The van der Waals surface area contributed by atoms with Gasteiger partial charge >= 0.3 is 5.97 Å². The van der Waals surface area contributed by atoms with E-state index in [2.05, 4.69) is 9.55 Å². The summed E-state index contributed by atoms with van der Waals surface area (Å²) in [6.45, 7) is 4.62. The van der Waals surface area contributed by atoms with Crippen molar-refractivity contribution in [2.75, 3.05) is 19.7 Å². The quantitative estimate of drug-likeness (QED) is 0.553. The second kappa shape index (κ2) is 5.77. The second-order valence-electron chi connectivity index (χ2n) is 4.27. The van der Waals surface area contributed by atoms with Crippen LogP contribution in [-0.4, -0.2) is 45.9 Å². The van der Waals surface area contributed by atoms with Gasteiger partial charge in [-0.2, -0.15) is 0 Å². The van der Waals surface area contributed by atoms with E-state index in [0.717, 1.165) is 18.9 Å². The Hall–Kier alpha value is -1.69. The Morgan fingerprint density at radius 2 is 2.28 bits per heavy atom. The summed E-state index contributed by atoms with van der Waals surface area (Å²) < 4.78 is 6.83. The van der Waals surface area contributed by atoms with E-state index in [0.29, 0.717) is 13.2 Å². The Bertz CT molecular complexity index is 442. The van der Waals surface area contributed by atoms with Crippen molar-refractivity contribution in [3.05, 3.63) is 18.2 Å². The van der Waals surface area contributed by atoms with Crippen molar-refractivity contribution in [1.29, 1.82) is 0 Å². The van der Waals surface area contributed by atoms with Crippen molar-refractivity contribution in [3.63, 3.8) is 0 Å². The van der Waals surface area contributed by atoms with E-state index in [1.165, 1.54) is 0 Å². The molecule has 2 rings (SSSR count). The molecular formula is C12H17N3O3. The molecule has 2 heterocycles. The Morgan fingerprint density at radius 3 is 3.06 bits per heavy atom. The summed E-state index contributed by atoms with van der Waals surface area (Å²) in [5, 5.41) is 0. The molecule has 0 unspecified atom stereocenters. The molecule has 0 spiro atoms. The van der Waals surface area contributed by atoms with Crippen molar-refractivity contribution in [3.8, 4) is 0 Å². The van der Waals surface area contributed by atoms with Crippen LogP contribution in [-0.2, 0) is 27.4 Å². The first kappa shape index (κ1) is 12.8. The van der Waals surface area contributed by atoms with Gasteiger partial charge in [0.15, 0.2) is 5.78 Å². The largest absolute Gasteiger partial charge is 0.466 e. The molecule has 0 radical (unpaired) electrons. The zero-order valence-corrected chi connectivity index (χ0v) is 10.5. The fourth-order valence-electron chi connectivity index (χ4n) is 2.04. The van der Waals surface area contributed by atoms with Gasteiger partial charge in [-0.05, 0) is 6.92 Å². The number of rotatable bonds is 5. The Balaban J connectivity index is 1.81. The highest BCUT2D eigenvalue weighted by Gasteiger charge is 2.20. The number of esters is 1. The molecular weight excluding hydrogens is 234 g/mol. The molecule has 1 aliphatic rings. The first-order valence-corrected chi connectivity index (χ1v) is 6.08. The lowest BCUT2D eigenvalue weighted by Gasteiger charge is -2.26. The number of fused-ring (bicyclic) bond motifs is 1. The van der Waals surface area contributed by atoms with Crippen molar-refractivity contribution in [2.45, 2.75) is 26.4 Å². The van der Waals surface area contributed by atoms with Crippen LogP contribution in [0.1, 0.15) is 19.2 Å². The number of aromatic nitrogens is 2. The molecule has 0 atom stereocenters. The van der Waals surface area contributed by atoms with Crippen molar-refractivity contribution >= 4 is 11.8 Å². The predicted molar refractivity (Wildman–Crippen MR) is 63.8 cm³/mol. The van der Waals surface area contributed by atoms with Crippen LogP contribution in [0.15, 0.2) is 12.4 Å². The lowest BCUT2D eigenvalue weighted by Crippen LogP contribution is -2.37. The van der Waals surface area contributed by atoms with E-state index >= 15 is 0 Å². The second-order valence-corrected chi connectivity index (χ2v) is 4.27. The smallest absolute Gasteiger partial charge is 0.313 e. The van der Waals surface area contributed by atoms with Crippen molar-refractivity contribution < 1.29 is 14.3 Å². The first-order chi connectivity index (χ1) is 8.69. The molecule has 0 fully saturated rings. The van der Waals surface area contributed by atoms with Gasteiger partial charge in [-0.15, -0.1) is 0 Å². The number of hydrogen-bond donors (Lipinski definition) is 0. The van der Waals surface area contributed by atoms with Gasteiger partial charge in [-0.3, -0.25) is 14.5 Å². The van der Waals surface area contributed by atoms with E-state index in [1.54, 1.807) is 13.1 Å². The minimum Gasteiger partial charge on any atom is -0.466 e. The molecule has 0 aromatic carbocycles. The van der Waals surface area contributed by atoms with Gasteiger partial charge in [0.25, 0.3) is 0 Å². The summed E-state index contributed by atoms with van der Waals surface area (Å²) in [5.74, 6) is 0.416. The number of imidazole rings is 1. The molecule has 18 heavy (non-hydrogen) atoms. The molecule has 0 saturated carbocycles. The fourth-order valence-corrected chi connectivity index (χ4v) is 2.04. The van der Waals surface area contributed by atoms with Gasteiger partial charge in [0, 0.05) is 25.5 Å². The van der Waals surface area contributed by atoms with E-state index < -0.39 is 5.97 Å². The van der Waals surface area contributed by atoms with Crippen LogP contribution in [0.3, 0.4) is 0 Å². The van der Waals surface area contributed by atoms with Crippen LogP contribution < -0.4 is 0 Å². The first-order valence-electron chi connectivity index (χ1n) is 6.08. The third kappa shape index (κ3) is 3.16. The van der Waals surface area contributed by atoms with Crippen LogP contribution in [0.2, 0.25) is 0 Å². The third-order valence-corrected chi connectivity index (χ3v) is 2.87. The summed E-state index contributed by atoms with van der Waals surface area (Å²) in [5.41, 5.74) is 0. The van der Waals surface area contributed by atoms with Crippen LogP contribution in [0.25, 0.3) is 0 Å². The number of nitrogens with zero attached hydrogens (tertiary/aromatic N) is 3. The molecule has 6 heteroatoms. The van der Waals surface area contributed by atoms with Crippen LogP contribution in [0.5, 0.6) is 0 Å². The summed E-state index contributed by atoms with van der Waals surface area (Å²) in [6, 6.07) is 0. The summed E-state index contributed by atoms with van der Waals surface area (Å²) in [7, 11) is 0. The normalized spacial score (nSPS) is 15.2. The van der Waals surface area contributed by atoms with Crippen LogP contribution in [0, 0.1) is 0 Å². The molecule has 1 aromatic rings. The van der Waals surface area contributed by atoms with E-state index in [-0.39, 0.29) is 18.7 Å². The topological polar surface area (TPSA) is 64.4 Å². The Kier molecular flexibility index (Phi) is 4.09. The summed E-state index contributed by atoms with van der Waals surface area (Å²) in [6.07, 6.45) is 3.56. The molecule has 0 amide bonds. The average Bonchev–Trinajstić information content (AvgIpc) is 2.76. The maximum absolute atomic E-state index is 11.7. The average molecular weight is 251 g/mol. The number of ether oxygens (including phenoxy) is 1. The Morgan fingerprint density at radius 1 is 1.44 bits per heavy atom. The standard InChI is InChI=1S/C12H17N3O3/c1-2-18-12(17)7-10(16)8-14-5-6-15-4-3-13-11(15)9-14/h3-4H,2,5-9H2,1H3. The summed E-state index contributed by atoms with van der Waals surface area (Å²) in [4.78, 5) is 29.1. The van der Waals surface area contributed by atoms with Gasteiger partial charge in [0.05, 0.1) is 19.7 Å². The van der Waals surface area contributed by atoms with Gasteiger partial charge in [-0.1, -0.05) is 0 Å². The lowest BCUT2D eigenvalue weighted by molar-refractivity contribution is -0.145. The summed E-state index contributed by atoms with van der Waals surface area (Å²) >= 11 is 0. The molecule has 6 nitrogen and oxygen atoms in total. The van der Waals surface area contributed by atoms with Crippen molar-refractivity contribution in [1.82, 2.24) is 14.5 Å². The number of Topliss-reactive ketones (excluding diaryl/α,β-unsaturated/α-hetero) is 1. The zero-order chi connectivity index (χ0) is 13.0. The number of ketones is 1. The molecule has 0 saturated heterocycles. The predicted octanol–water partition coefficient (Wildman–Crippen LogP) is 0.221. The van der Waals surface area contributed by atoms with Crippen LogP contribution in [0.4, 0.5) is 0 Å². The lowest BCUT2D eigenvalue weighted by atomic mass is 10.2. The minimum atomic E-state index is -0.444. The van der Waals surface area contributed by atoms with Crippen LogP contribution >= 0.6 is 0 Å². The van der Waals surface area contributed by atoms with E-state index in [4.69, 9.17) is 4.74 Å². The number of carbonyl (C=O) groups is 2. The number of hydrogen-bond acceptors (Lipinski definition) is 5. The van der Waals surface area contributed by atoms with Gasteiger partial charge < -0.3 is 9.30 Å². The molecule has 1 aliphatic heterocycles. The van der Waals surface area contributed by atoms with Crippen molar-refractivity contribution in [2.24, 2.45) is 0 Å². The highest BCUT2D eigenvalue weighted by molar-refractivity contribution is 5.96. The van der Waals surface area contributed by atoms with Gasteiger partial charge in [-0.25, -0.2) is 4.98 Å². The van der Waals surface area contributed by atoms with Gasteiger partial charge in [0.2, 0.25) is 0 Å². The molecule has 0 bridgehead atoms. The molecule has 0 aliphatic carbocycles. The number of carbonyl (C=O) groups excluding carboxylic acids is 2. The molecule has 1 aromatic heterocycles. The highest BCUT2D eigenvalue weighted by atomic mass is 16.5. The highest BCUT2D eigenvalue weighted by Crippen LogP contribution is 2.10. The molecule has 98 valence electrons. The maximum Gasteiger partial charge on any atom is 0.313 e. The van der Waals surface area contributed by atoms with E-state index in [1.807, 2.05) is 11.1 Å². The van der Waals surface area contributed by atoms with Gasteiger partial charge in [0.1, 0.15) is 12.2 Å². The SMILES string of the molecule is CCOC(=O)CC(=O)CN1CCn2ccnc2C1. The molecule has 0 N–H and O–H groups in total. The zero-order valence-electron chi connectivity index (χ0n) is 10.5. The Labute approximate surface area is 106 Å². The minimum absolute atomic E-state index is 0.103.